The standard InChI is InChI=1S/C5H4F7O2/c1-13-3(2(6)7)14-5(11,12)4(8,9)10/h3H,1H3. The first-order chi connectivity index (χ1) is 6.12. The summed E-state index contributed by atoms with van der Waals surface area (Å²) < 4.78 is 87.6. The Balaban J connectivity index is 4.48. The van der Waals surface area contributed by atoms with Crippen molar-refractivity contribution >= 4 is 0 Å². The Morgan fingerprint density at radius 1 is 1.07 bits per heavy atom. The summed E-state index contributed by atoms with van der Waals surface area (Å²) in [5, 5.41) is 0. The Bertz CT molecular complexity index is 177. The first-order valence-electron chi connectivity index (χ1n) is 2.95. The van der Waals surface area contributed by atoms with Crippen molar-refractivity contribution in [1.29, 1.82) is 0 Å². The van der Waals surface area contributed by atoms with Gasteiger partial charge in [-0.15, -0.1) is 0 Å². The molecule has 0 saturated heterocycles. The largest absolute Gasteiger partial charge is 0.483 e. The molecule has 1 unspecified atom stereocenters. The molecule has 1 radical (unpaired) electrons. The van der Waals surface area contributed by atoms with Gasteiger partial charge in [-0.05, 0) is 0 Å². The molecule has 0 spiro atoms. The number of rotatable bonds is 4. The van der Waals surface area contributed by atoms with E-state index < -0.39 is 25.0 Å². The Morgan fingerprint density at radius 3 is 1.71 bits per heavy atom. The highest BCUT2D eigenvalue weighted by molar-refractivity contribution is 4.71. The maximum atomic E-state index is 12.0. The normalized spacial score (nSPS) is 16.1. The lowest BCUT2D eigenvalue weighted by atomic mass is 10.6. The van der Waals surface area contributed by atoms with Gasteiger partial charge in [0.15, 0.2) is 0 Å². The van der Waals surface area contributed by atoms with E-state index in [1.807, 2.05) is 0 Å². The zero-order valence-corrected chi connectivity index (χ0v) is 6.54. The molecule has 0 heterocycles. The van der Waals surface area contributed by atoms with Gasteiger partial charge in [-0.3, -0.25) is 4.74 Å². The van der Waals surface area contributed by atoms with E-state index >= 15 is 0 Å². The lowest BCUT2D eigenvalue weighted by Crippen LogP contribution is -2.43. The van der Waals surface area contributed by atoms with Gasteiger partial charge in [0.1, 0.15) is 0 Å². The smallest absolute Gasteiger partial charge is 0.350 e. The summed E-state index contributed by atoms with van der Waals surface area (Å²) in [5.74, 6) is 0. The summed E-state index contributed by atoms with van der Waals surface area (Å²) in [4.78, 5) is 0. The van der Waals surface area contributed by atoms with Gasteiger partial charge in [-0.1, -0.05) is 0 Å². The van der Waals surface area contributed by atoms with Crippen LogP contribution in [-0.4, -0.2) is 25.7 Å². The van der Waals surface area contributed by atoms with Crippen molar-refractivity contribution in [3.05, 3.63) is 6.43 Å². The third-order valence-electron chi connectivity index (χ3n) is 0.977. The molecule has 0 aromatic heterocycles. The fraction of sp³-hybridized carbons (Fsp3) is 0.800. The summed E-state index contributed by atoms with van der Waals surface area (Å²) in [6, 6.07) is 0. The van der Waals surface area contributed by atoms with Crippen LogP contribution < -0.4 is 0 Å². The maximum Gasteiger partial charge on any atom is 0.483 e. The van der Waals surface area contributed by atoms with Crippen molar-refractivity contribution in [2.24, 2.45) is 0 Å². The average Bonchev–Trinajstić information content (AvgIpc) is 1.97. The Hall–Kier alpha value is -0.570. The van der Waals surface area contributed by atoms with Crippen LogP contribution in [0.15, 0.2) is 0 Å². The number of alkyl halides is 5. The van der Waals surface area contributed by atoms with Gasteiger partial charge >= 0.3 is 18.7 Å². The van der Waals surface area contributed by atoms with E-state index in [1.54, 1.807) is 0 Å². The molecule has 0 N–H and O–H groups in total. The highest BCUT2D eigenvalue weighted by atomic mass is 19.4. The monoisotopic (exact) mass is 229 g/mol. The minimum absolute atomic E-state index is 0.496. The van der Waals surface area contributed by atoms with Crippen LogP contribution in [-0.2, 0) is 9.47 Å². The van der Waals surface area contributed by atoms with Crippen LogP contribution >= 0.6 is 0 Å². The second-order valence-corrected chi connectivity index (χ2v) is 1.99. The number of methoxy groups -OCH3 is 1. The third kappa shape index (κ3) is 3.29. The Labute approximate surface area is 73.6 Å². The average molecular weight is 229 g/mol. The minimum atomic E-state index is -6.07. The molecule has 2 nitrogen and oxygen atoms in total. The molecule has 0 aliphatic heterocycles. The van der Waals surface area contributed by atoms with E-state index in [2.05, 4.69) is 9.47 Å². The lowest BCUT2D eigenvalue weighted by molar-refractivity contribution is -0.424. The second-order valence-electron chi connectivity index (χ2n) is 1.99. The summed E-state index contributed by atoms with van der Waals surface area (Å²) in [6.07, 6.45) is -17.6. The van der Waals surface area contributed by atoms with Crippen molar-refractivity contribution in [3.8, 4) is 0 Å². The van der Waals surface area contributed by atoms with Crippen LogP contribution in [0.3, 0.4) is 0 Å². The van der Waals surface area contributed by atoms with E-state index in [4.69, 9.17) is 0 Å². The lowest BCUT2D eigenvalue weighted by Gasteiger charge is -2.23. The summed E-state index contributed by atoms with van der Waals surface area (Å²) in [6.45, 7) is 0. The molecule has 0 rings (SSSR count). The number of hydrogen-bond acceptors (Lipinski definition) is 2. The zero-order chi connectivity index (χ0) is 11.6. The first kappa shape index (κ1) is 13.4. The van der Waals surface area contributed by atoms with E-state index in [1.165, 1.54) is 0 Å². The molecule has 0 aliphatic rings. The van der Waals surface area contributed by atoms with Crippen LogP contribution in [0.2, 0.25) is 0 Å². The summed E-state index contributed by atoms with van der Waals surface area (Å²) >= 11 is 0. The number of ether oxygens (including phenoxy) is 2. The van der Waals surface area contributed by atoms with Crippen molar-refractivity contribution in [1.82, 2.24) is 0 Å². The van der Waals surface area contributed by atoms with E-state index in [0.29, 0.717) is 7.11 Å². The SMILES string of the molecule is COC(OC(F)(F)C(F)(F)F)[C](F)F. The maximum absolute atomic E-state index is 12.0. The number of hydrogen-bond donors (Lipinski definition) is 0. The molecule has 1 atom stereocenters. The van der Waals surface area contributed by atoms with Crippen LogP contribution in [0.1, 0.15) is 0 Å². The van der Waals surface area contributed by atoms with Gasteiger partial charge in [0, 0.05) is 7.11 Å². The highest BCUT2D eigenvalue weighted by Gasteiger charge is 2.61. The molecular formula is C5H4F7O2. The Morgan fingerprint density at radius 2 is 1.50 bits per heavy atom. The molecule has 14 heavy (non-hydrogen) atoms. The fourth-order valence-corrected chi connectivity index (χ4v) is 0.383. The molecule has 0 aromatic carbocycles. The van der Waals surface area contributed by atoms with Crippen LogP contribution in [0.4, 0.5) is 30.7 Å². The van der Waals surface area contributed by atoms with Gasteiger partial charge in [0.05, 0.1) is 0 Å². The molecule has 0 saturated carbocycles. The van der Waals surface area contributed by atoms with Crippen molar-refractivity contribution in [2.75, 3.05) is 7.11 Å². The molecule has 0 fully saturated rings. The number of halogens is 7. The minimum Gasteiger partial charge on any atom is -0.350 e. The highest BCUT2D eigenvalue weighted by Crippen LogP contribution is 2.38. The zero-order valence-electron chi connectivity index (χ0n) is 6.54. The molecule has 0 aromatic rings. The first-order valence-corrected chi connectivity index (χ1v) is 2.95. The molecular weight excluding hydrogens is 225 g/mol. The van der Waals surface area contributed by atoms with Gasteiger partial charge in [-0.2, -0.15) is 30.7 Å². The van der Waals surface area contributed by atoms with Crippen molar-refractivity contribution in [2.45, 2.75) is 18.6 Å². The Kier molecular flexibility index (Phi) is 4.13. The van der Waals surface area contributed by atoms with Gasteiger partial charge < -0.3 is 4.74 Å². The summed E-state index contributed by atoms with van der Waals surface area (Å²) in [7, 11) is 0.496. The molecule has 85 valence electrons. The quantitative estimate of drug-likeness (QED) is 0.544. The topological polar surface area (TPSA) is 18.5 Å². The molecule has 9 heteroatoms. The van der Waals surface area contributed by atoms with E-state index in [-0.39, 0.29) is 0 Å². The third-order valence-corrected chi connectivity index (χ3v) is 0.977. The van der Waals surface area contributed by atoms with E-state index in [0.717, 1.165) is 0 Å². The molecule has 0 aliphatic carbocycles. The van der Waals surface area contributed by atoms with Gasteiger partial charge in [0.2, 0.25) is 6.29 Å². The fourth-order valence-electron chi connectivity index (χ4n) is 0.383. The van der Waals surface area contributed by atoms with E-state index in [9.17, 15) is 30.7 Å². The summed E-state index contributed by atoms with van der Waals surface area (Å²) in [5.41, 5.74) is 0. The molecule has 0 amide bonds. The second kappa shape index (κ2) is 4.30. The van der Waals surface area contributed by atoms with Gasteiger partial charge in [-0.25, -0.2) is 0 Å². The van der Waals surface area contributed by atoms with Gasteiger partial charge in [0.25, 0.3) is 0 Å². The predicted molar refractivity (Wildman–Crippen MR) is 28.3 cm³/mol. The predicted octanol–water partition coefficient (Wildman–Crippen LogP) is 2.56. The molecule has 0 bridgehead atoms. The van der Waals surface area contributed by atoms with Crippen molar-refractivity contribution in [3.63, 3.8) is 0 Å². The van der Waals surface area contributed by atoms with Crippen LogP contribution in [0, 0.1) is 6.43 Å². The van der Waals surface area contributed by atoms with Crippen LogP contribution in [0.5, 0.6) is 0 Å². The van der Waals surface area contributed by atoms with Crippen molar-refractivity contribution < 1.29 is 40.2 Å². The van der Waals surface area contributed by atoms with Crippen LogP contribution in [0.25, 0.3) is 0 Å².